The van der Waals surface area contributed by atoms with Crippen molar-refractivity contribution in [2.45, 2.75) is 31.3 Å². The van der Waals surface area contributed by atoms with Gasteiger partial charge in [0.1, 0.15) is 5.82 Å². The van der Waals surface area contributed by atoms with Crippen LogP contribution in [0.2, 0.25) is 0 Å². The van der Waals surface area contributed by atoms with Gasteiger partial charge in [-0.3, -0.25) is 0 Å². The van der Waals surface area contributed by atoms with Gasteiger partial charge in [0.05, 0.1) is 11.5 Å². The fourth-order valence-corrected chi connectivity index (χ4v) is 4.64. The first-order valence-electron chi connectivity index (χ1n) is 8.27. The fraction of sp³-hybridized carbons (Fsp3) is 0.200. The highest BCUT2D eigenvalue weighted by atomic mass is 32.2. The fourth-order valence-electron chi connectivity index (χ4n) is 3.09. The maximum absolute atomic E-state index is 13.3. The van der Waals surface area contributed by atoms with E-state index in [0.717, 1.165) is 0 Å². The summed E-state index contributed by atoms with van der Waals surface area (Å²) >= 11 is 0. The topological polar surface area (TPSA) is 59.3 Å². The van der Waals surface area contributed by atoms with Crippen molar-refractivity contribution in [1.29, 1.82) is 0 Å². The van der Waals surface area contributed by atoms with E-state index in [2.05, 4.69) is 0 Å². The minimum absolute atomic E-state index is 0.134. The monoisotopic (exact) mass is 373 g/mol. The van der Waals surface area contributed by atoms with E-state index in [1.54, 1.807) is 30.3 Å². The predicted molar refractivity (Wildman–Crippen MR) is 98.9 cm³/mol. The van der Waals surface area contributed by atoms with Crippen LogP contribution < -0.4 is 0 Å². The Kier molecular flexibility index (Phi) is 4.98. The van der Waals surface area contributed by atoms with Crippen molar-refractivity contribution >= 4 is 10.0 Å². The van der Waals surface area contributed by atoms with E-state index in [1.165, 1.54) is 34.4 Å². The molecule has 1 aromatic heterocycles. The third-order valence-corrected chi connectivity index (χ3v) is 5.97. The number of nitrogens with zero attached hydrogens (tertiary/aromatic N) is 1. The van der Waals surface area contributed by atoms with Crippen molar-refractivity contribution < 1.29 is 17.9 Å². The third kappa shape index (κ3) is 3.18. The SMILES string of the molecule is CC(C)c1c(CO)c(-c2ccc(F)cc2)cn1S(=O)(=O)c1ccccc1. The van der Waals surface area contributed by atoms with Gasteiger partial charge in [-0.1, -0.05) is 44.2 Å². The first-order chi connectivity index (χ1) is 12.4. The Hall–Kier alpha value is -2.44. The minimum Gasteiger partial charge on any atom is -0.392 e. The molecule has 26 heavy (non-hydrogen) atoms. The molecule has 0 atom stereocenters. The molecule has 0 saturated heterocycles. The highest BCUT2D eigenvalue weighted by Crippen LogP contribution is 2.35. The average molecular weight is 373 g/mol. The Balaban J connectivity index is 2.28. The van der Waals surface area contributed by atoms with Gasteiger partial charge in [0.25, 0.3) is 10.0 Å². The van der Waals surface area contributed by atoms with Crippen molar-refractivity contribution in [3.8, 4) is 11.1 Å². The van der Waals surface area contributed by atoms with Gasteiger partial charge in [0.15, 0.2) is 0 Å². The third-order valence-electron chi connectivity index (χ3n) is 4.28. The molecule has 0 unspecified atom stereocenters. The smallest absolute Gasteiger partial charge is 0.267 e. The molecule has 136 valence electrons. The van der Waals surface area contributed by atoms with Crippen LogP contribution in [0.25, 0.3) is 11.1 Å². The number of rotatable bonds is 5. The van der Waals surface area contributed by atoms with Crippen LogP contribution in [0.3, 0.4) is 0 Å². The Morgan fingerprint density at radius 2 is 1.65 bits per heavy atom. The van der Waals surface area contributed by atoms with Crippen molar-refractivity contribution in [1.82, 2.24) is 3.97 Å². The van der Waals surface area contributed by atoms with Crippen LogP contribution in [0, 0.1) is 5.82 Å². The summed E-state index contributed by atoms with van der Waals surface area (Å²) in [6.07, 6.45) is 1.51. The van der Waals surface area contributed by atoms with E-state index in [1.807, 2.05) is 13.8 Å². The van der Waals surface area contributed by atoms with Crippen molar-refractivity contribution in [3.63, 3.8) is 0 Å². The van der Waals surface area contributed by atoms with Gasteiger partial charge < -0.3 is 5.11 Å². The highest BCUT2D eigenvalue weighted by Gasteiger charge is 2.26. The van der Waals surface area contributed by atoms with Gasteiger partial charge in [-0.25, -0.2) is 16.8 Å². The number of hydrogen-bond acceptors (Lipinski definition) is 3. The first kappa shape index (κ1) is 18.4. The molecule has 0 aliphatic rings. The Morgan fingerprint density at radius 3 is 2.19 bits per heavy atom. The molecule has 0 aliphatic carbocycles. The second-order valence-electron chi connectivity index (χ2n) is 6.34. The van der Waals surface area contributed by atoms with Crippen molar-refractivity contribution in [2.24, 2.45) is 0 Å². The number of aliphatic hydroxyl groups excluding tert-OH is 1. The molecule has 0 radical (unpaired) electrons. The van der Waals surface area contributed by atoms with E-state index >= 15 is 0 Å². The lowest BCUT2D eigenvalue weighted by Crippen LogP contribution is -2.16. The standard InChI is InChI=1S/C20H20FNO3S/c1-14(2)20-19(13-23)18(15-8-10-16(21)11-9-15)12-22(20)26(24,25)17-6-4-3-5-7-17/h3-12,14,23H,13H2,1-2H3. The van der Waals surface area contributed by atoms with Gasteiger partial charge in [-0.15, -0.1) is 0 Å². The minimum atomic E-state index is -3.81. The Labute approximate surface area is 152 Å². The van der Waals surface area contributed by atoms with Crippen LogP contribution in [-0.4, -0.2) is 17.5 Å². The molecule has 1 heterocycles. The lowest BCUT2D eigenvalue weighted by molar-refractivity contribution is 0.280. The summed E-state index contributed by atoms with van der Waals surface area (Å²) in [5.74, 6) is -0.510. The van der Waals surface area contributed by atoms with Crippen LogP contribution in [0.4, 0.5) is 4.39 Å². The lowest BCUT2D eigenvalue weighted by Gasteiger charge is -2.14. The first-order valence-corrected chi connectivity index (χ1v) is 9.71. The number of aliphatic hydroxyl groups is 1. The Bertz CT molecular complexity index is 1010. The normalized spacial score (nSPS) is 11.9. The second-order valence-corrected chi connectivity index (χ2v) is 8.16. The number of benzene rings is 2. The molecule has 3 aromatic rings. The van der Waals surface area contributed by atoms with E-state index in [4.69, 9.17) is 0 Å². The van der Waals surface area contributed by atoms with Gasteiger partial charge in [-0.2, -0.15) is 0 Å². The van der Waals surface area contributed by atoms with E-state index < -0.39 is 10.0 Å². The maximum atomic E-state index is 13.3. The molecular weight excluding hydrogens is 353 g/mol. The van der Waals surface area contributed by atoms with E-state index in [0.29, 0.717) is 22.4 Å². The molecule has 0 saturated carbocycles. The molecule has 0 amide bonds. The van der Waals surface area contributed by atoms with Gasteiger partial charge in [-0.05, 0) is 35.7 Å². The zero-order valence-corrected chi connectivity index (χ0v) is 15.4. The van der Waals surface area contributed by atoms with Crippen LogP contribution in [0.1, 0.15) is 31.0 Å². The molecule has 3 rings (SSSR count). The average Bonchev–Trinajstić information content (AvgIpc) is 3.03. The molecule has 2 aromatic carbocycles. The summed E-state index contributed by atoms with van der Waals surface area (Å²) in [5.41, 5.74) is 2.29. The van der Waals surface area contributed by atoms with Gasteiger partial charge >= 0.3 is 0 Å². The summed E-state index contributed by atoms with van der Waals surface area (Å²) in [4.78, 5) is 0.173. The number of hydrogen-bond donors (Lipinski definition) is 1. The molecule has 1 N–H and O–H groups in total. The van der Waals surface area contributed by atoms with Crippen molar-refractivity contribution in [2.75, 3.05) is 0 Å². The highest BCUT2D eigenvalue weighted by molar-refractivity contribution is 7.90. The van der Waals surface area contributed by atoms with E-state index in [9.17, 15) is 17.9 Å². The summed E-state index contributed by atoms with van der Waals surface area (Å²) in [6, 6.07) is 13.9. The summed E-state index contributed by atoms with van der Waals surface area (Å²) in [5, 5.41) is 9.93. The van der Waals surface area contributed by atoms with Gasteiger partial charge in [0.2, 0.25) is 0 Å². The molecule has 4 nitrogen and oxygen atoms in total. The summed E-state index contributed by atoms with van der Waals surface area (Å²) in [7, 11) is -3.81. The van der Waals surface area contributed by atoms with Crippen LogP contribution >= 0.6 is 0 Å². The molecule has 6 heteroatoms. The second kappa shape index (κ2) is 7.05. The zero-order valence-electron chi connectivity index (χ0n) is 14.6. The van der Waals surface area contributed by atoms with Crippen LogP contribution in [0.5, 0.6) is 0 Å². The van der Waals surface area contributed by atoms with E-state index in [-0.39, 0.29) is 23.2 Å². The van der Waals surface area contributed by atoms with Crippen LogP contribution in [-0.2, 0) is 16.6 Å². The van der Waals surface area contributed by atoms with Gasteiger partial charge in [0, 0.05) is 23.0 Å². The number of aromatic nitrogens is 1. The summed E-state index contributed by atoms with van der Waals surface area (Å²) in [6.45, 7) is 3.44. The molecule has 0 aliphatic heterocycles. The maximum Gasteiger partial charge on any atom is 0.267 e. The lowest BCUT2D eigenvalue weighted by atomic mass is 9.99. The number of halogens is 1. The molecule has 0 fully saturated rings. The molecule has 0 bridgehead atoms. The quantitative estimate of drug-likeness (QED) is 0.731. The largest absolute Gasteiger partial charge is 0.392 e. The molecular formula is C20H20FNO3S. The molecule has 0 spiro atoms. The zero-order chi connectivity index (χ0) is 18.9. The van der Waals surface area contributed by atoms with Crippen molar-refractivity contribution in [3.05, 3.63) is 77.9 Å². The summed E-state index contributed by atoms with van der Waals surface area (Å²) < 4.78 is 40.8. The van der Waals surface area contributed by atoms with Crippen LogP contribution in [0.15, 0.2) is 65.7 Å². The Morgan fingerprint density at radius 1 is 1.04 bits per heavy atom. The predicted octanol–water partition coefficient (Wildman–Crippen LogP) is 4.15.